The number of halogens is 1. The van der Waals surface area contributed by atoms with E-state index in [4.69, 9.17) is 24.3 Å². The summed E-state index contributed by atoms with van der Waals surface area (Å²) >= 11 is 2.93. The smallest absolute Gasteiger partial charge is 0.270 e. The third kappa shape index (κ3) is 6.56. The largest absolute Gasteiger partial charge is 0.497 e. The molecule has 0 bridgehead atoms. The van der Waals surface area contributed by atoms with E-state index in [1.165, 1.54) is 22.7 Å². The summed E-state index contributed by atoms with van der Waals surface area (Å²) in [7, 11) is 3.27. The number of hydrogen-bond acceptors (Lipinski definition) is 9. The molecular formula is C31H34ClN5O4S2. The van der Waals surface area contributed by atoms with Crippen LogP contribution in [0.1, 0.15) is 21.8 Å². The van der Waals surface area contributed by atoms with Crippen molar-refractivity contribution in [2.24, 2.45) is 0 Å². The number of nitrogens with zero attached hydrogens (tertiary/aromatic N) is 5. The number of benzene rings is 2. The third-order valence-electron chi connectivity index (χ3n) is 7.37. The highest BCUT2D eigenvalue weighted by molar-refractivity contribution is 7.20. The van der Waals surface area contributed by atoms with Gasteiger partial charge in [0.2, 0.25) is 0 Å². The lowest BCUT2D eigenvalue weighted by Crippen LogP contribution is -2.39. The molecular weight excluding hydrogens is 606 g/mol. The number of carbonyl (C=O) groups is 1. The fraction of sp³-hybridized carbons (Fsp3) is 0.323. The Morgan fingerprint density at radius 3 is 2.60 bits per heavy atom. The normalized spacial score (nSPS) is 13.6. The van der Waals surface area contributed by atoms with Crippen LogP contribution in [0.4, 0.5) is 5.13 Å². The Kier molecular flexibility index (Phi) is 9.99. The van der Waals surface area contributed by atoms with Gasteiger partial charge in [0.25, 0.3) is 5.91 Å². The first-order chi connectivity index (χ1) is 20.6. The number of aromatic nitrogens is 3. The number of aryl methyl sites for hydroxylation is 1. The number of morpholine rings is 1. The highest BCUT2D eigenvalue weighted by Gasteiger charge is 2.26. The van der Waals surface area contributed by atoms with Crippen LogP contribution in [0.3, 0.4) is 0 Å². The number of rotatable bonds is 10. The molecule has 1 amide bonds. The van der Waals surface area contributed by atoms with Crippen molar-refractivity contribution >= 4 is 56.3 Å². The van der Waals surface area contributed by atoms with Gasteiger partial charge in [0.1, 0.15) is 16.3 Å². The first-order valence-corrected chi connectivity index (χ1v) is 15.6. The van der Waals surface area contributed by atoms with Crippen molar-refractivity contribution in [2.45, 2.75) is 13.3 Å². The van der Waals surface area contributed by atoms with Gasteiger partial charge in [-0.15, -0.1) is 35.1 Å². The molecule has 12 heteroatoms. The van der Waals surface area contributed by atoms with E-state index < -0.39 is 0 Å². The van der Waals surface area contributed by atoms with Gasteiger partial charge in [0, 0.05) is 42.5 Å². The second-order valence-electron chi connectivity index (χ2n) is 10.0. The van der Waals surface area contributed by atoms with E-state index in [1.807, 2.05) is 76.5 Å². The molecule has 0 aliphatic carbocycles. The molecule has 0 unspecified atom stereocenters. The molecule has 1 aliphatic rings. The first-order valence-electron chi connectivity index (χ1n) is 13.9. The van der Waals surface area contributed by atoms with Gasteiger partial charge in [-0.3, -0.25) is 14.6 Å². The second-order valence-corrected chi connectivity index (χ2v) is 11.9. The monoisotopic (exact) mass is 639 g/mol. The van der Waals surface area contributed by atoms with Crippen molar-refractivity contribution < 1.29 is 19.0 Å². The van der Waals surface area contributed by atoms with E-state index >= 15 is 0 Å². The van der Waals surface area contributed by atoms with Crippen LogP contribution in [0.15, 0.2) is 60.0 Å². The van der Waals surface area contributed by atoms with Gasteiger partial charge in [-0.2, -0.15) is 5.10 Å². The summed E-state index contributed by atoms with van der Waals surface area (Å²) in [5.41, 5.74) is 3.42. The van der Waals surface area contributed by atoms with Crippen LogP contribution >= 0.6 is 35.1 Å². The van der Waals surface area contributed by atoms with Crippen molar-refractivity contribution in [1.29, 1.82) is 0 Å². The fourth-order valence-electron chi connectivity index (χ4n) is 5.12. The second kappa shape index (κ2) is 13.9. The van der Waals surface area contributed by atoms with E-state index in [1.54, 1.807) is 14.2 Å². The number of ether oxygens (including phenoxy) is 3. The number of hydrogen-bond donors (Lipinski definition) is 0. The molecule has 226 valence electrons. The van der Waals surface area contributed by atoms with Crippen molar-refractivity contribution in [3.63, 3.8) is 0 Å². The standard InChI is InChI=1S/C31H33N5O4S2.ClH/c1-21-24-19-28(42-30(24)36(33-21)22-8-5-4-6-9-22)29(37)35(13-7-12-34-14-16-40-17-15-34)31-32-26(20-41-31)25-18-23(38-2)10-11-27(25)39-3;/h4-6,8-11,18-20H,7,12-17H2,1-3H3;1H. The van der Waals surface area contributed by atoms with E-state index in [9.17, 15) is 4.79 Å². The number of fused-ring (bicyclic) bond motifs is 1. The maximum absolute atomic E-state index is 14.2. The predicted octanol–water partition coefficient (Wildman–Crippen LogP) is 6.33. The molecule has 9 nitrogen and oxygen atoms in total. The Balaban J connectivity index is 0.00000368. The van der Waals surface area contributed by atoms with Crippen LogP contribution in [0, 0.1) is 6.92 Å². The SMILES string of the molecule is COc1ccc(OC)c(-c2csc(N(CCCN3CCOCC3)C(=O)c3cc4c(C)nn(-c5ccccc5)c4s3)n2)c1.Cl. The zero-order valence-electron chi connectivity index (χ0n) is 24.3. The number of thiophene rings is 1. The molecule has 1 saturated heterocycles. The van der Waals surface area contributed by atoms with E-state index in [-0.39, 0.29) is 18.3 Å². The molecule has 0 spiro atoms. The number of thiazole rings is 1. The Labute approximate surface area is 265 Å². The molecule has 0 radical (unpaired) electrons. The van der Waals surface area contributed by atoms with Gasteiger partial charge in [0.05, 0.1) is 49.4 Å². The summed E-state index contributed by atoms with van der Waals surface area (Å²) in [4.78, 5) is 25.0. The van der Waals surface area contributed by atoms with Crippen LogP contribution in [0.2, 0.25) is 0 Å². The number of carbonyl (C=O) groups excluding carboxylic acids is 1. The number of para-hydroxylation sites is 1. The van der Waals surface area contributed by atoms with Crippen molar-refractivity contribution in [3.05, 3.63) is 70.5 Å². The van der Waals surface area contributed by atoms with Crippen LogP contribution in [0.5, 0.6) is 11.5 Å². The minimum absolute atomic E-state index is 0. The molecule has 1 aliphatic heterocycles. The van der Waals surface area contributed by atoms with Crippen LogP contribution < -0.4 is 14.4 Å². The molecule has 43 heavy (non-hydrogen) atoms. The summed E-state index contributed by atoms with van der Waals surface area (Å²) in [5, 5.41) is 8.36. The number of anilines is 1. The maximum Gasteiger partial charge on any atom is 0.270 e. The predicted molar refractivity (Wildman–Crippen MR) is 175 cm³/mol. The van der Waals surface area contributed by atoms with E-state index in [0.29, 0.717) is 28.1 Å². The minimum Gasteiger partial charge on any atom is -0.497 e. The lowest BCUT2D eigenvalue weighted by Gasteiger charge is -2.27. The highest BCUT2D eigenvalue weighted by atomic mass is 35.5. The van der Waals surface area contributed by atoms with Gasteiger partial charge < -0.3 is 14.2 Å². The van der Waals surface area contributed by atoms with Gasteiger partial charge in [-0.25, -0.2) is 9.67 Å². The van der Waals surface area contributed by atoms with Crippen molar-refractivity contribution in [1.82, 2.24) is 19.7 Å². The summed E-state index contributed by atoms with van der Waals surface area (Å²) in [5.74, 6) is 1.35. The molecule has 2 aromatic carbocycles. The molecule has 6 rings (SSSR count). The Morgan fingerprint density at radius 2 is 1.86 bits per heavy atom. The summed E-state index contributed by atoms with van der Waals surface area (Å²) in [6, 6.07) is 17.6. The zero-order chi connectivity index (χ0) is 29.1. The molecule has 1 fully saturated rings. The van der Waals surface area contributed by atoms with Crippen molar-refractivity contribution in [2.75, 3.05) is 58.5 Å². The quantitative estimate of drug-likeness (QED) is 0.177. The Morgan fingerprint density at radius 1 is 1.07 bits per heavy atom. The lowest BCUT2D eigenvalue weighted by atomic mass is 10.1. The fourth-order valence-corrected chi connectivity index (χ4v) is 7.10. The maximum atomic E-state index is 14.2. The molecule has 4 heterocycles. The van der Waals surface area contributed by atoms with Crippen molar-refractivity contribution in [3.8, 4) is 28.4 Å². The van der Waals surface area contributed by atoms with Gasteiger partial charge in [-0.1, -0.05) is 18.2 Å². The number of amides is 1. The van der Waals surface area contributed by atoms with Crippen LogP contribution in [-0.2, 0) is 4.74 Å². The highest BCUT2D eigenvalue weighted by Crippen LogP contribution is 2.37. The average Bonchev–Trinajstić information content (AvgIpc) is 3.77. The molecule has 0 atom stereocenters. The third-order valence-corrected chi connectivity index (χ3v) is 9.33. The van der Waals surface area contributed by atoms with Gasteiger partial charge in [-0.05, 0) is 49.7 Å². The van der Waals surface area contributed by atoms with Gasteiger partial charge >= 0.3 is 0 Å². The molecule has 0 N–H and O–H groups in total. The minimum atomic E-state index is -0.0595. The summed E-state index contributed by atoms with van der Waals surface area (Å²) in [6.45, 7) is 6.76. The Bertz CT molecular complexity index is 1680. The first kappa shape index (κ1) is 31.0. The van der Waals surface area contributed by atoms with Gasteiger partial charge in [0.15, 0.2) is 5.13 Å². The average molecular weight is 640 g/mol. The van der Waals surface area contributed by atoms with Crippen LogP contribution in [-0.4, -0.2) is 79.2 Å². The zero-order valence-corrected chi connectivity index (χ0v) is 26.8. The summed E-state index contributed by atoms with van der Waals surface area (Å²) < 4.78 is 18.5. The molecule has 0 saturated carbocycles. The molecule has 3 aromatic heterocycles. The topological polar surface area (TPSA) is 82.0 Å². The van der Waals surface area contributed by atoms with E-state index in [0.717, 1.165) is 72.1 Å². The lowest BCUT2D eigenvalue weighted by molar-refractivity contribution is 0.0376. The van der Waals surface area contributed by atoms with Crippen LogP contribution in [0.25, 0.3) is 27.2 Å². The van der Waals surface area contributed by atoms with E-state index in [2.05, 4.69) is 4.90 Å². The Hall–Kier alpha value is -3.48. The summed E-state index contributed by atoms with van der Waals surface area (Å²) in [6.07, 6.45) is 0.824. The number of methoxy groups -OCH3 is 2. The molecule has 5 aromatic rings.